The lowest BCUT2D eigenvalue weighted by molar-refractivity contribution is 0.245. The third-order valence-electron chi connectivity index (χ3n) is 5.62. The molecule has 4 heteroatoms. The van der Waals surface area contributed by atoms with Crippen molar-refractivity contribution in [3.8, 4) is 11.3 Å². The van der Waals surface area contributed by atoms with Crippen LogP contribution in [-0.4, -0.2) is 26.6 Å². The molecule has 3 heterocycles. The van der Waals surface area contributed by atoms with Crippen LogP contribution in [0, 0.1) is 13.8 Å². The number of benzene rings is 2. The fourth-order valence-electron chi connectivity index (χ4n) is 4.14. The summed E-state index contributed by atoms with van der Waals surface area (Å²) >= 11 is 0. The van der Waals surface area contributed by atoms with Crippen LogP contribution in [-0.2, 0) is 19.5 Å². The average molecular weight is 368 g/mol. The van der Waals surface area contributed by atoms with E-state index in [0.717, 1.165) is 37.3 Å². The van der Waals surface area contributed by atoms with Gasteiger partial charge >= 0.3 is 0 Å². The normalized spacial score (nSPS) is 14.4. The Morgan fingerprint density at radius 1 is 1.04 bits per heavy atom. The predicted molar refractivity (Wildman–Crippen MR) is 113 cm³/mol. The topological polar surface area (TPSA) is 44.8 Å². The molecular weight excluding hydrogens is 344 g/mol. The molecule has 2 aromatic carbocycles. The highest BCUT2D eigenvalue weighted by Crippen LogP contribution is 2.29. The summed E-state index contributed by atoms with van der Waals surface area (Å²) in [5, 5.41) is 8.54. The Labute approximate surface area is 165 Å². The molecule has 140 valence electrons. The molecule has 0 spiro atoms. The largest absolute Gasteiger partial charge is 0.294 e. The number of aromatic nitrogens is 3. The van der Waals surface area contributed by atoms with E-state index in [9.17, 15) is 0 Å². The zero-order valence-corrected chi connectivity index (χ0v) is 16.4. The molecular formula is C24H24N4. The van der Waals surface area contributed by atoms with Gasteiger partial charge < -0.3 is 0 Å². The van der Waals surface area contributed by atoms with Crippen molar-refractivity contribution in [1.29, 1.82) is 0 Å². The molecule has 1 aliphatic rings. The Morgan fingerprint density at radius 3 is 2.82 bits per heavy atom. The van der Waals surface area contributed by atoms with Gasteiger partial charge in [-0.3, -0.25) is 10.00 Å². The van der Waals surface area contributed by atoms with Gasteiger partial charge in [-0.15, -0.1) is 0 Å². The van der Waals surface area contributed by atoms with Gasteiger partial charge in [-0.1, -0.05) is 35.9 Å². The predicted octanol–water partition coefficient (Wildman–Crippen LogP) is 4.80. The lowest BCUT2D eigenvalue weighted by Gasteiger charge is -2.27. The first-order chi connectivity index (χ1) is 13.7. The van der Waals surface area contributed by atoms with Crippen molar-refractivity contribution in [3.63, 3.8) is 0 Å². The Kier molecular flexibility index (Phi) is 4.21. The van der Waals surface area contributed by atoms with Crippen LogP contribution in [0.3, 0.4) is 0 Å². The Hall–Kier alpha value is -2.98. The van der Waals surface area contributed by atoms with Gasteiger partial charge in [0.2, 0.25) is 0 Å². The average Bonchev–Trinajstić information content (AvgIpc) is 3.15. The molecule has 4 nitrogen and oxygen atoms in total. The van der Waals surface area contributed by atoms with Crippen LogP contribution in [0.4, 0.5) is 0 Å². The highest BCUT2D eigenvalue weighted by Gasteiger charge is 2.20. The van der Waals surface area contributed by atoms with Gasteiger partial charge in [0.15, 0.2) is 0 Å². The minimum atomic E-state index is 0.894. The SMILES string of the molecule is Cc1cccc(-c2nc3cc(C)ccc3cc2CN2CCc3[nH]ncc3C2)c1. The molecule has 0 amide bonds. The number of nitrogens with one attached hydrogen (secondary N) is 1. The summed E-state index contributed by atoms with van der Waals surface area (Å²) in [6.45, 7) is 7.13. The van der Waals surface area contributed by atoms with Crippen LogP contribution >= 0.6 is 0 Å². The summed E-state index contributed by atoms with van der Waals surface area (Å²) in [5.41, 5.74) is 9.74. The van der Waals surface area contributed by atoms with E-state index < -0.39 is 0 Å². The van der Waals surface area contributed by atoms with E-state index in [4.69, 9.17) is 4.98 Å². The molecule has 2 aromatic heterocycles. The fourth-order valence-corrected chi connectivity index (χ4v) is 4.14. The van der Waals surface area contributed by atoms with Gasteiger partial charge in [0.25, 0.3) is 0 Å². The smallest absolute Gasteiger partial charge is 0.0754 e. The molecule has 28 heavy (non-hydrogen) atoms. The molecule has 0 saturated heterocycles. The summed E-state index contributed by atoms with van der Waals surface area (Å²) in [5.74, 6) is 0. The molecule has 0 radical (unpaired) electrons. The monoisotopic (exact) mass is 368 g/mol. The Balaban J connectivity index is 1.58. The van der Waals surface area contributed by atoms with Crippen LogP contribution in [0.2, 0.25) is 0 Å². The molecule has 0 aliphatic carbocycles. The molecule has 0 saturated carbocycles. The number of hydrogen-bond acceptors (Lipinski definition) is 3. The van der Waals surface area contributed by atoms with Crippen LogP contribution in [0.1, 0.15) is 27.9 Å². The maximum absolute atomic E-state index is 5.10. The third-order valence-corrected chi connectivity index (χ3v) is 5.62. The summed E-state index contributed by atoms with van der Waals surface area (Å²) in [6.07, 6.45) is 2.99. The standard InChI is InChI=1S/C24H24N4/c1-16-4-3-5-19(10-16)24-20(12-18-7-6-17(2)11-23(18)26-24)14-28-9-8-22-21(15-28)13-25-27-22/h3-7,10-13H,8-9,14-15H2,1-2H3,(H,25,27). The van der Waals surface area contributed by atoms with Gasteiger partial charge in [0.1, 0.15) is 0 Å². The van der Waals surface area contributed by atoms with Crippen molar-refractivity contribution >= 4 is 10.9 Å². The number of hydrogen-bond donors (Lipinski definition) is 1. The zero-order valence-electron chi connectivity index (χ0n) is 16.4. The number of aryl methyl sites for hydroxylation is 2. The number of aromatic amines is 1. The summed E-state index contributed by atoms with van der Waals surface area (Å²) in [7, 11) is 0. The second-order valence-electron chi connectivity index (χ2n) is 7.90. The maximum atomic E-state index is 5.10. The minimum Gasteiger partial charge on any atom is -0.294 e. The minimum absolute atomic E-state index is 0.894. The van der Waals surface area contributed by atoms with Crippen molar-refractivity contribution < 1.29 is 0 Å². The molecule has 1 aliphatic heterocycles. The highest BCUT2D eigenvalue weighted by molar-refractivity contribution is 5.84. The summed E-state index contributed by atoms with van der Waals surface area (Å²) in [4.78, 5) is 7.60. The van der Waals surface area contributed by atoms with E-state index in [-0.39, 0.29) is 0 Å². The van der Waals surface area contributed by atoms with Gasteiger partial charge in [-0.2, -0.15) is 5.10 Å². The van der Waals surface area contributed by atoms with E-state index in [0.29, 0.717) is 0 Å². The van der Waals surface area contributed by atoms with Crippen molar-refractivity contribution in [3.05, 3.63) is 82.7 Å². The summed E-state index contributed by atoms with van der Waals surface area (Å²) in [6, 6.07) is 17.5. The van der Waals surface area contributed by atoms with Crippen LogP contribution in [0.25, 0.3) is 22.2 Å². The summed E-state index contributed by atoms with van der Waals surface area (Å²) < 4.78 is 0. The van der Waals surface area contributed by atoms with Crippen molar-refractivity contribution in [2.24, 2.45) is 0 Å². The highest BCUT2D eigenvalue weighted by atomic mass is 15.2. The molecule has 0 unspecified atom stereocenters. The van der Waals surface area contributed by atoms with Gasteiger partial charge in [0, 0.05) is 48.3 Å². The Morgan fingerprint density at radius 2 is 1.93 bits per heavy atom. The number of nitrogens with zero attached hydrogens (tertiary/aromatic N) is 3. The zero-order chi connectivity index (χ0) is 19.1. The van der Waals surface area contributed by atoms with E-state index in [1.54, 1.807) is 0 Å². The number of H-pyrrole nitrogens is 1. The van der Waals surface area contributed by atoms with Crippen LogP contribution in [0.5, 0.6) is 0 Å². The van der Waals surface area contributed by atoms with E-state index in [1.807, 2.05) is 6.20 Å². The molecule has 5 rings (SSSR count). The number of fused-ring (bicyclic) bond motifs is 2. The van der Waals surface area contributed by atoms with E-state index in [2.05, 4.69) is 77.5 Å². The maximum Gasteiger partial charge on any atom is 0.0754 e. The molecule has 0 fully saturated rings. The lowest BCUT2D eigenvalue weighted by atomic mass is 10.00. The Bertz CT molecular complexity index is 1160. The van der Waals surface area contributed by atoms with Gasteiger partial charge in [0.05, 0.1) is 17.4 Å². The van der Waals surface area contributed by atoms with Crippen LogP contribution < -0.4 is 0 Å². The quantitative estimate of drug-likeness (QED) is 0.565. The molecule has 0 atom stereocenters. The first kappa shape index (κ1) is 17.1. The van der Waals surface area contributed by atoms with E-state index in [1.165, 1.54) is 38.9 Å². The first-order valence-corrected chi connectivity index (χ1v) is 9.86. The van der Waals surface area contributed by atoms with Gasteiger partial charge in [-0.05, 0) is 43.2 Å². The third kappa shape index (κ3) is 3.20. The second kappa shape index (κ2) is 6.88. The van der Waals surface area contributed by atoms with Crippen molar-refractivity contribution in [2.75, 3.05) is 6.54 Å². The van der Waals surface area contributed by atoms with Crippen molar-refractivity contribution in [2.45, 2.75) is 33.4 Å². The fraction of sp³-hybridized carbons (Fsp3) is 0.250. The molecule has 4 aromatic rings. The van der Waals surface area contributed by atoms with Gasteiger partial charge in [-0.25, -0.2) is 4.98 Å². The lowest BCUT2D eigenvalue weighted by Crippen LogP contribution is -2.30. The first-order valence-electron chi connectivity index (χ1n) is 9.86. The molecule has 0 bridgehead atoms. The van der Waals surface area contributed by atoms with E-state index >= 15 is 0 Å². The number of rotatable bonds is 3. The van der Waals surface area contributed by atoms with Crippen LogP contribution in [0.15, 0.2) is 54.7 Å². The number of pyridine rings is 1. The molecule has 1 N–H and O–H groups in total. The second-order valence-corrected chi connectivity index (χ2v) is 7.90. The van der Waals surface area contributed by atoms with Crippen molar-refractivity contribution in [1.82, 2.24) is 20.1 Å².